The maximum atomic E-state index is 14.3. The van der Waals surface area contributed by atoms with Gasteiger partial charge in [-0.15, -0.1) is 5.10 Å². The van der Waals surface area contributed by atoms with Gasteiger partial charge in [-0.2, -0.15) is 0 Å². The quantitative estimate of drug-likeness (QED) is 0.0330. The Balaban J connectivity index is 1.04. The first-order valence-electron chi connectivity index (χ1n) is 28.0. The number of carbonyl (C=O) groups excluding carboxylic acids is 7. The van der Waals surface area contributed by atoms with Crippen LogP contribution in [0.25, 0.3) is 0 Å². The molecule has 6 rings (SSSR count). The number of aryl methyl sites for hydroxylation is 1. The third-order valence-corrected chi connectivity index (χ3v) is 14.4. The first-order chi connectivity index (χ1) is 42.3. The molecule has 11 N–H and O–H groups in total. The Kier molecular flexibility index (Phi) is 24.5. The molecule has 4 atom stereocenters. The van der Waals surface area contributed by atoms with Crippen LogP contribution < -0.4 is 26.6 Å². The van der Waals surface area contributed by atoms with Gasteiger partial charge in [0.1, 0.15) is 30.7 Å². The molecule has 32 heteroatoms. The number of hydrogen-bond donors (Lipinski definition) is 11. The number of amides is 9. The number of piperazine rings is 2. The number of nitrogens with one attached hydrogen (secondary N) is 5. The van der Waals surface area contributed by atoms with E-state index in [9.17, 15) is 87.1 Å². The van der Waals surface area contributed by atoms with Gasteiger partial charge >= 0.3 is 47.9 Å². The summed E-state index contributed by atoms with van der Waals surface area (Å²) in [6.45, 7) is -0.0102. The van der Waals surface area contributed by atoms with Gasteiger partial charge in [-0.05, 0) is 66.1 Å². The molecule has 2 fully saturated rings. The molecule has 0 spiro atoms. The first-order valence-corrected chi connectivity index (χ1v) is 28.0. The van der Waals surface area contributed by atoms with Crippen molar-refractivity contribution < 1.29 is 97.4 Å². The number of anilines is 1. The van der Waals surface area contributed by atoms with Crippen molar-refractivity contribution in [1.82, 2.24) is 55.9 Å². The van der Waals surface area contributed by atoms with Gasteiger partial charge in [-0.25, -0.2) is 33.4 Å². The zero-order valence-electron chi connectivity index (χ0n) is 47.9. The topological polar surface area (TPSA) is 447 Å². The number of benzene rings is 3. The molecule has 31 nitrogen and oxygen atoms in total. The summed E-state index contributed by atoms with van der Waals surface area (Å²) in [6.07, 6.45) is -0.533. The zero-order chi connectivity index (χ0) is 64.9. The Bertz CT molecular complexity index is 3090. The molecule has 0 radical (unpaired) electrons. The molecule has 0 aliphatic carbocycles. The van der Waals surface area contributed by atoms with Crippen molar-refractivity contribution in [3.8, 4) is 0 Å². The smallest absolute Gasteiger partial charge is 0.326 e. The number of alkyl halides is 1. The molecule has 2 aliphatic rings. The number of aliphatic carboxylic acids is 6. The number of aromatic nitrogens is 3. The number of urea groups is 2. The number of hydrogen-bond acceptors (Lipinski definition) is 15. The number of rotatable bonds is 30. The second-order valence-electron chi connectivity index (χ2n) is 21.0. The van der Waals surface area contributed by atoms with E-state index in [2.05, 4.69) is 36.9 Å². The summed E-state index contributed by atoms with van der Waals surface area (Å²) in [6, 6.07) is 8.43. The third-order valence-electron chi connectivity index (χ3n) is 14.4. The SMILES string of the molecule is O=C(O)CC[C@H](NC(=O)NC(Cc1ccc(CC(=O)N2CCN(C(=O)c3cc(NC(=O)Cn4cc(CCCF)nn4)cc(C(=O)N4CCN(C(=O)Cc5ccc(CC(NC(=O)N[C@@H](CCC(=O)O)C(=O)O)C(=O)O)cc5)CC4)c3)CC2)cc1)C(=O)O)C(=O)O. The van der Waals surface area contributed by atoms with E-state index in [0.717, 1.165) is 0 Å². The monoisotopic (exact) mass is 1240 g/mol. The lowest BCUT2D eigenvalue weighted by Gasteiger charge is -2.35. The molecular formula is C57H67FN12O19. The van der Waals surface area contributed by atoms with Gasteiger partial charge < -0.3 is 76.8 Å². The van der Waals surface area contributed by atoms with E-state index in [1.165, 1.54) is 38.9 Å². The molecule has 3 aromatic carbocycles. The van der Waals surface area contributed by atoms with E-state index < -0.39 is 122 Å². The van der Waals surface area contributed by atoms with Crippen molar-refractivity contribution in [1.29, 1.82) is 0 Å². The van der Waals surface area contributed by atoms with Crippen molar-refractivity contribution in [3.05, 3.63) is 112 Å². The van der Waals surface area contributed by atoms with Crippen molar-refractivity contribution in [2.75, 3.05) is 64.3 Å². The molecule has 0 saturated carbocycles. The second kappa shape index (κ2) is 32.3. The fourth-order valence-corrected chi connectivity index (χ4v) is 9.55. The number of halogens is 1. The van der Waals surface area contributed by atoms with Crippen LogP contribution in [0.2, 0.25) is 0 Å². The van der Waals surface area contributed by atoms with Crippen LogP contribution in [-0.2, 0) is 81.8 Å². The van der Waals surface area contributed by atoms with E-state index in [-0.39, 0.29) is 120 Å². The molecule has 476 valence electrons. The maximum Gasteiger partial charge on any atom is 0.326 e. The van der Waals surface area contributed by atoms with Gasteiger partial charge in [0, 0.05) is 101 Å². The molecular weight excluding hydrogens is 1180 g/mol. The van der Waals surface area contributed by atoms with Crippen molar-refractivity contribution >= 4 is 83.1 Å². The van der Waals surface area contributed by atoms with E-state index >= 15 is 0 Å². The summed E-state index contributed by atoms with van der Waals surface area (Å²) >= 11 is 0. The van der Waals surface area contributed by atoms with Crippen molar-refractivity contribution in [2.24, 2.45) is 0 Å². The minimum atomic E-state index is -1.58. The van der Waals surface area contributed by atoms with Gasteiger partial charge in [0.15, 0.2) is 0 Å². The fourth-order valence-electron chi connectivity index (χ4n) is 9.55. The molecule has 2 saturated heterocycles. The highest BCUT2D eigenvalue weighted by molar-refractivity contribution is 6.03. The van der Waals surface area contributed by atoms with Crippen LogP contribution >= 0.6 is 0 Å². The van der Waals surface area contributed by atoms with Crippen LogP contribution in [0.1, 0.15) is 80.8 Å². The molecule has 89 heavy (non-hydrogen) atoms. The van der Waals surface area contributed by atoms with E-state index in [1.54, 1.807) is 58.3 Å². The van der Waals surface area contributed by atoms with Crippen molar-refractivity contribution in [3.63, 3.8) is 0 Å². The van der Waals surface area contributed by atoms with E-state index in [1.807, 2.05) is 0 Å². The standard InChI is InChI=1S/C57H67FN12O19/c58-15-1-2-39-31-70(65-64-39)32-45(71)59-40-29-37(50(78)68-20-16-66(17-21-68)46(72)26-35-7-3-33(4-8-35)24-43(54(84)85)62-56(88)60-41(52(80)81)11-13-48(74)75)28-38(30-40)51(79)69-22-18-67(19-23-69)47(73)27-36-9-5-34(6-10-36)25-44(55(86)87)63-57(89)61-42(53(82)83)12-14-49(76)77/h3-10,28-31,41-44H,1-2,11-27,32H2,(H,59,71)(H,74,75)(H,76,77)(H,80,81)(H,82,83)(H,84,85)(H,86,87)(H2,60,62,88)(H2,61,63,89)/t41-,42-,43?,44?/m0/s1. The number of carboxylic acid groups (broad SMARTS) is 6. The highest BCUT2D eigenvalue weighted by Gasteiger charge is 2.31. The molecule has 2 aliphatic heterocycles. The Morgan fingerprint density at radius 1 is 0.494 bits per heavy atom. The summed E-state index contributed by atoms with van der Waals surface area (Å²) in [5.41, 5.74) is 2.68. The van der Waals surface area contributed by atoms with Gasteiger partial charge in [0.25, 0.3) is 11.8 Å². The van der Waals surface area contributed by atoms with Gasteiger partial charge in [0.2, 0.25) is 17.7 Å². The Labute approximate surface area is 506 Å². The number of carbonyl (C=O) groups is 13. The Morgan fingerprint density at radius 2 is 0.865 bits per heavy atom. The normalized spacial score (nSPS) is 14.4. The zero-order valence-corrected chi connectivity index (χ0v) is 47.9. The fraction of sp³-hybridized carbons (Fsp3) is 0.421. The Morgan fingerprint density at radius 3 is 1.24 bits per heavy atom. The molecule has 9 amide bonds. The number of nitrogens with zero attached hydrogens (tertiary/aromatic N) is 7. The van der Waals surface area contributed by atoms with Crippen molar-refractivity contribution in [2.45, 2.75) is 94.9 Å². The molecule has 1 aromatic heterocycles. The van der Waals surface area contributed by atoms with Crippen LogP contribution in [0.4, 0.5) is 19.7 Å². The number of carboxylic acids is 6. The van der Waals surface area contributed by atoms with Crippen LogP contribution in [0.5, 0.6) is 0 Å². The van der Waals surface area contributed by atoms with Crippen LogP contribution in [0.3, 0.4) is 0 Å². The lowest BCUT2D eigenvalue weighted by molar-refractivity contribution is -0.142. The van der Waals surface area contributed by atoms with Crippen LogP contribution in [0, 0.1) is 0 Å². The predicted octanol–water partition coefficient (Wildman–Crippen LogP) is 0.0989. The predicted molar refractivity (Wildman–Crippen MR) is 305 cm³/mol. The molecule has 4 aromatic rings. The van der Waals surface area contributed by atoms with Gasteiger partial charge in [-0.1, -0.05) is 53.7 Å². The van der Waals surface area contributed by atoms with Crippen LogP contribution in [0.15, 0.2) is 72.9 Å². The van der Waals surface area contributed by atoms with Crippen LogP contribution in [-0.4, -0.2) is 226 Å². The lowest BCUT2D eigenvalue weighted by atomic mass is 10.0. The summed E-state index contributed by atoms with van der Waals surface area (Å²) in [4.78, 5) is 169. The molecule has 2 unspecified atom stereocenters. The summed E-state index contributed by atoms with van der Waals surface area (Å²) in [5.74, 6) is -10.6. The minimum Gasteiger partial charge on any atom is -0.481 e. The first kappa shape index (κ1) is 67.6. The van der Waals surface area contributed by atoms with E-state index in [4.69, 9.17) is 10.2 Å². The highest BCUT2D eigenvalue weighted by Crippen LogP contribution is 2.22. The summed E-state index contributed by atoms with van der Waals surface area (Å²) in [7, 11) is 0. The Hall–Kier alpha value is -10.6. The molecule has 3 heterocycles. The summed E-state index contributed by atoms with van der Waals surface area (Å²) in [5, 5.41) is 75.1. The minimum absolute atomic E-state index is 0.0420. The summed E-state index contributed by atoms with van der Waals surface area (Å²) < 4.78 is 14.0. The largest absolute Gasteiger partial charge is 0.481 e. The molecule has 0 bridgehead atoms. The lowest BCUT2D eigenvalue weighted by Crippen LogP contribution is -2.51. The van der Waals surface area contributed by atoms with Gasteiger partial charge in [0.05, 0.1) is 25.2 Å². The maximum absolute atomic E-state index is 14.3. The average molecular weight is 1240 g/mol. The third kappa shape index (κ3) is 21.1. The van der Waals surface area contributed by atoms with Gasteiger partial charge in [-0.3, -0.25) is 38.0 Å². The highest BCUT2D eigenvalue weighted by atomic mass is 19.1. The second-order valence-corrected chi connectivity index (χ2v) is 21.0. The average Bonchev–Trinajstić information content (AvgIpc) is 1.97. The van der Waals surface area contributed by atoms with E-state index in [0.29, 0.717) is 34.4 Å².